The number of nitrogens with one attached hydrogen (secondary N) is 1. The number of carbonyl (C=O) groups is 1. The van der Waals surface area contributed by atoms with E-state index in [2.05, 4.69) is 31.3 Å². The summed E-state index contributed by atoms with van der Waals surface area (Å²) in [6.07, 6.45) is -0.364. The molecule has 17 heavy (non-hydrogen) atoms. The van der Waals surface area contributed by atoms with Crippen LogP contribution in [-0.4, -0.2) is 11.7 Å². The molecule has 0 fully saturated rings. The molecule has 0 radical (unpaired) electrons. The molecule has 1 N–H and O–H groups in total. The summed E-state index contributed by atoms with van der Waals surface area (Å²) >= 11 is 1.73. The van der Waals surface area contributed by atoms with Crippen molar-refractivity contribution in [2.45, 2.75) is 52.7 Å². The standard InChI is InChI=1S/C13H21NO2S/c1-9(2)11-7-6-10(17-11)8-14-12(15)16-13(3,4)5/h6-7,9H,8H2,1-5H3,(H,14,15). The van der Waals surface area contributed by atoms with E-state index in [4.69, 9.17) is 4.74 Å². The quantitative estimate of drug-likeness (QED) is 0.889. The number of ether oxygens (including phenoxy) is 1. The Bertz CT molecular complexity index is 377. The van der Waals surface area contributed by atoms with E-state index in [1.54, 1.807) is 11.3 Å². The van der Waals surface area contributed by atoms with Crippen molar-refractivity contribution >= 4 is 17.4 Å². The second kappa shape index (κ2) is 5.54. The second-order valence-corrected chi connectivity index (χ2v) is 6.51. The van der Waals surface area contributed by atoms with Gasteiger partial charge in [-0.1, -0.05) is 13.8 Å². The van der Waals surface area contributed by atoms with Gasteiger partial charge in [0, 0.05) is 9.75 Å². The van der Waals surface area contributed by atoms with Crippen molar-refractivity contribution in [3.63, 3.8) is 0 Å². The molecule has 0 bridgehead atoms. The molecule has 0 aliphatic rings. The molecule has 0 atom stereocenters. The lowest BCUT2D eigenvalue weighted by molar-refractivity contribution is 0.0524. The Kier molecular flexibility index (Phi) is 4.57. The van der Waals surface area contributed by atoms with Crippen LogP contribution in [0.2, 0.25) is 0 Å². The summed E-state index contributed by atoms with van der Waals surface area (Å²) in [4.78, 5) is 13.9. The molecule has 0 spiro atoms. The van der Waals surface area contributed by atoms with E-state index in [9.17, 15) is 4.79 Å². The third-order valence-electron chi connectivity index (χ3n) is 2.06. The Morgan fingerprint density at radius 3 is 2.53 bits per heavy atom. The van der Waals surface area contributed by atoms with Gasteiger partial charge in [-0.05, 0) is 38.8 Å². The number of rotatable bonds is 3. The van der Waals surface area contributed by atoms with Crippen molar-refractivity contribution in [2.24, 2.45) is 0 Å². The van der Waals surface area contributed by atoms with Gasteiger partial charge in [0.1, 0.15) is 5.60 Å². The molecule has 0 aliphatic carbocycles. The molecule has 0 unspecified atom stereocenters. The molecule has 3 nitrogen and oxygen atoms in total. The smallest absolute Gasteiger partial charge is 0.407 e. The van der Waals surface area contributed by atoms with Crippen molar-refractivity contribution < 1.29 is 9.53 Å². The molecule has 0 saturated carbocycles. The molecule has 0 aliphatic heterocycles. The van der Waals surface area contributed by atoms with Crippen molar-refractivity contribution in [1.29, 1.82) is 0 Å². The summed E-state index contributed by atoms with van der Waals surface area (Å²) in [5.41, 5.74) is -0.442. The van der Waals surface area contributed by atoms with E-state index in [1.165, 1.54) is 4.88 Å². The monoisotopic (exact) mass is 255 g/mol. The van der Waals surface area contributed by atoms with Crippen LogP contribution in [0.1, 0.15) is 50.3 Å². The highest BCUT2D eigenvalue weighted by Gasteiger charge is 2.15. The fraction of sp³-hybridized carbons (Fsp3) is 0.615. The zero-order chi connectivity index (χ0) is 13.1. The van der Waals surface area contributed by atoms with Crippen LogP contribution in [0, 0.1) is 0 Å². The molecule has 1 rings (SSSR count). The predicted molar refractivity (Wildman–Crippen MR) is 71.5 cm³/mol. The van der Waals surface area contributed by atoms with Gasteiger partial charge in [-0.2, -0.15) is 0 Å². The van der Waals surface area contributed by atoms with Gasteiger partial charge in [0.25, 0.3) is 0 Å². The van der Waals surface area contributed by atoms with E-state index in [0.717, 1.165) is 4.88 Å². The normalized spacial score (nSPS) is 11.6. The van der Waals surface area contributed by atoms with Gasteiger partial charge in [0.2, 0.25) is 0 Å². The van der Waals surface area contributed by atoms with E-state index in [1.807, 2.05) is 20.8 Å². The number of amides is 1. The van der Waals surface area contributed by atoms with Crippen molar-refractivity contribution in [3.05, 3.63) is 21.9 Å². The van der Waals surface area contributed by atoms with E-state index < -0.39 is 5.60 Å². The average Bonchev–Trinajstić information content (AvgIpc) is 2.60. The first-order valence-electron chi connectivity index (χ1n) is 5.83. The first kappa shape index (κ1) is 14.0. The van der Waals surface area contributed by atoms with Crippen LogP contribution in [0.25, 0.3) is 0 Å². The minimum atomic E-state index is -0.442. The fourth-order valence-electron chi connectivity index (χ4n) is 1.27. The number of hydrogen-bond donors (Lipinski definition) is 1. The maximum Gasteiger partial charge on any atom is 0.407 e. The second-order valence-electron chi connectivity index (χ2n) is 5.31. The topological polar surface area (TPSA) is 38.3 Å². The SMILES string of the molecule is CC(C)c1ccc(CNC(=O)OC(C)(C)C)s1. The Hall–Kier alpha value is -1.03. The number of alkyl carbamates (subject to hydrolysis) is 1. The van der Waals surface area contributed by atoms with Crippen molar-refractivity contribution in [2.75, 3.05) is 0 Å². The van der Waals surface area contributed by atoms with Crippen LogP contribution in [-0.2, 0) is 11.3 Å². The molecule has 4 heteroatoms. The van der Waals surface area contributed by atoms with Crippen LogP contribution < -0.4 is 5.32 Å². The predicted octanol–water partition coefficient (Wildman–Crippen LogP) is 3.90. The van der Waals surface area contributed by atoms with Crippen molar-refractivity contribution in [1.82, 2.24) is 5.32 Å². The first-order chi connectivity index (χ1) is 7.78. The van der Waals surface area contributed by atoms with Crippen LogP contribution in [0.15, 0.2) is 12.1 Å². The van der Waals surface area contributed by atoms with Crippen LogP contribution in [0.5, 0.6) is 0 Å². The summed E-state index contributed by atoms with van der Waals surface area (Å²) in [5.74, 6) is 0.537. The Labute approximate surface area is 107 Å². The molecule has 1 heterocycles. The lowest BCUT2D eigenvalue weighted by Crippen LogP contribution is -2.31. The number of carbonyl (C=O) groups excluding carboxylic acids is 1. The maximum absolute atomic E-state index is 11.4. The minimum Gasteiger partial charge on any atom is -0.444 e. The molecule has 0 saturated heterocycles. The maximum atomic E-state index is 11.4. The summed E-state index contributed by atoms with van der Waals surface area (Å²) < 4.78 is 5.17. The molecule has 0 aromatic carbocycles. The minimum absolute atomic E-state index is 0.364. The van der Waals surface area contributed by atoms with Gasteiger partial charge >= 0.3 is 6.09 Å². The number of hydrogen-bond acceptors (Lipinski definition) is 3. The zero-order valence-electron chi connectivity index (χ0n) is 11.2. The third-order valence-corrected chi connectivity index (χ3v) is 3.44. The highest BCUT2D eigenvalue weighted by Crippen LogP contribution is 2.24. The molecule has 96 valence electrons. The number of thiophene rings is 1. The largest absolute Gasteiger partial charge is 0.444 e. The van der Waals surface area contributed by atoms with Gasteiger partial charge in [-0.25, -0.2) is 4.79 Å². The van der Waals surface area contributed by atoms with Crippen LogP contribution in [0.4, 0.5) is 4.79 Å². The lowest BCUT2D eigenvalue weighted by Gasteiger charge is -2.19. The van der Waals surface area contributed by atoms with Gasteiger partial charge in [0.15, 0.2) is 0 Å². The van der Waals surface area contributed by atoms with Gasteiger partial charge in [-0.3, -0.25) is 0 Å². The molecule has 1 aromatic heterocycles. The molecular formula is C13H21NO2S. The van der Waals surface area contributed by atoms with Gasteiger partial charge in [-0.15, -0.1) is 11.3 Å². The van der Waals surface area contributed by atoms with Crippen molar-refractivity contribution in [3.8, 4) is 0 Å². The summed E-state index contributed by atoms with van der Waals surface area (Å²) in [6.45, 7) is 10.4. The summed E-state index contributed by atoms with van der Waals surface area (Å²) in [5, 5.41) is 2.76. The van der Waals surface area contributed by atoms with Gasteiger partial charge < -0.3 is 10.1 Å². The van der Waals surface area contributed by atoms with E-state index >= 15 is 0 Å². The summed E-state index contributed by atoms with van der Waals surface area (Å²) in [6, 6.07) is 4.17. The molecular weight excluding hydrogens is 234 g/mol. The van der Waals surface area contributed by atoms with Crippen LogP contribution >= 0.6 is 11.3 Å². The highest BCUT2D eigenvalue weighted by molar-refractivity contribution is 7.12. The Balaban J connectivity index is 2.42. The highest BCUT2D eigenvalue weighted by atomic mass is 32.1. The lowest BCUT2D eigenvalue weighted by atomic mass is 10.2. The van der Waals surface area contributed by atoms with Gasteiger partial charge in [0.05, 0.1) is 6.54 Å². The first-order valence-corrected chi connectivity index (χ1v) is 6.65. The van der Waals surface area contributed by atoms with E-state index in [-0.39, 0.29) is 6.09 Å². The zero-order valence-corrected chi connectivity index (χ0v) is 12.0. The van der Waals surface area contributed by atoms with Crippen LogP contribution in [0.3, 0.4) is 0 Å². The van der Waals surface area contributed by atoms with E-state index in [0.29, 0.717) is 12.5 Å². The Morgan fingerprint density at radius 2 is 2.06 bits per heavy atom. The third kappa shape index (κ3) is 5.22. The fourth-order valence-corrected chi connectivity index (χ4v) is 2.23. The summed E-state index contributed by atoms with van der Waals surface area (Å²) in [7, 11) is 0. The Morgan fingerprint density at radius 1 is 1.41 bits per heavy atom. The molecule has 1 amide bonds. The molecule has 1 aromatic rings. The average molecular weight is 255 g/mol.